The molecule has 2 aliphatic heterocycles. The Hall–Kier alpha value is -0.240. The number of hydrogen-bond acceptors (Lipinski definition) is 5. The largest absolute Gasteiger partial charge is 0.399 e. The van der Waals surface area contributed by atoms with Crippen molar-refractivity contribution in [2.24, 2.45) is 0 Å². The van der Waals surface area contributed by atoms with Crippen LogP contribution in [0.1, 0.15) is 0 Å². The average molecular weight is 179 g/mol. The molecule has 0 aromatic rings. The Labute approximate surface area is 68.2 Å². The predicted molar refractivity (Wildman–Crippen MR) is 34.9 cm³/mol. The molecule has 0 saturated carbocycles. The van der Waals surface area contributed by atoms with Crippen molar-refractivity contribution in [2.75, 3.05) is 6.61 Å². The van der Waals surface area contributed by atoms with E-state index in [2.05, 4.69) is 4.52 Å². The molecule has 2 saturated heterocycles. The molecule has 0 unspecified atom stereocenters. The van der Waals surface area contributed by atoms with E-state index < -0.39 is 37.3 Å². The zero-order valence-corrected chi connectivity index (χ0v) is 6.20. The van der Waals surface area contributed by atoms with Gasteiger partial charge in [0.25, 0.3) is 6.10 Å². The van der Waals surface area contributed by atoms with Crippen LogP contribution in [0.15, 0.2) is 0 Å². The Balaban J connectivity index is 2.06. The lowest BCUT2D eigenvalue weighted by Gasteiger charge is -2.15. The normalized spacial score (nSPS) is 49.0. The van der Waals surface area contributed by atoms with E-state index in [0.29, 0.717) is 0 Å². The lowest BCUT2D eigenvalue weighted by Crippen LogP contribution is -2.43. The minimum atomic E-state index is -1.12. The molecule has 0 aromatic heterocycles. The first-order chi connectivity index (χ1) is 5.66. The van der Waals surface area contributed by atoms with Gasteiger partial charge in [-0.25, -0.2) is 0 Å². The Morgan fingerprint density at radius 3 is 2.42 bits per heavy atom. The van der Waals surface area contributed by atoms with Crippen LogP contribution < -0.4 is 0 Å². The molecule has 2 fully saturated rings. The van der Waals surface area contributed by atoms with Gasteiger partial charge in [-0.05, 0) is 4.89 Å². The van der Waals surface area contributed by atoms with Gasteiger partial charge in [-0.3, -0.25) is 0 Å². The highest BCUT2D eigenvalue weighted by molar-refractivity contribution is 4.95. The van der Waals surface area contributed by atoms with Gasteiger partial charge in [0, 0.05) is 0 Å². The molecule has 12 heavy (non-hydrogen) atoms. The first-order valence-electron chi connectivity index (χ1n) is 3.71. The molecule has 70 valence electrons. The predicted octanol–water partition coefficient (Wildman–Crippen LogP) is -2.73. The monoisotopic (exact) mass is 179 g/mol. The van der Waals surface area contributed by atoms with E-state index >= 15 is 0 Å². The molecule has 0 aromatic carbocycles. The van der Waals surface area contributed by atoms with E-state index in [-0.39, 0.29) is 0 Å². The summed E-state index contributed by atoms with van der Waals surface area (Å²) in [5.41, 5.74) is 0. The Morgan fingerprint density at radius 2 is 2.00 bits per heavy atom. The van der Waals surface area contributed by atoms with Gasteiger partial charge in [0.15, 0.2) is 18.3 Å². The molecule has 4 N–H and O–H groups in total. The van der Waals surface area contributed by atoms with Crippen LogP contribution in [0.2, 0.25) is 0 Å². The maximum absolute atomic E-state index is 9.30. The summed E-state index contributed by atoms with van der Waals surface area (Å²) in [5, 5.41) is 36.3. The standard InChI is InChI=1S/C6H11O6/c7-1-2(8)5-3(9)4(10)6-11-12(5)6/h2-10H,1H2/q+1/t2-,3-,4-,5-,6+/m0/s1. The molecule has 0 aliphatic carbocycles. The Morgan fingerprint density at radius 1 is 1.33 bits per heavy atom. The highest BCUT2D eigenvalue weighted by atomic mass is 17.5. The smallest absolute Gasteiger partial charge is 0.393 e. The number of rotatable bonds is 2. The molecule has 2 heterocycles. The topological polar surface area (TPSA) is 96.2 Å². The zero-order chi connectivity index (χ0) is 8.88. The van der Waals surface area contributed by atoms with Crippen molar-refractivity contribution in [3.63, 3.8) is 0 Å². The summed E-state index contributed by atoms with van der Waals surface area (Å²) in [7, 11) is 0. The van der Waals surface area contributed by atoms with E-state index in [1.807, 2.05) is 0 Å². The van der Waals surface area contributed by atoms with Crippen molar-refractivity contribution in [1.29, 1.82) is 0 Å². The van der Waals surface area contributed by atoms with Gasteiger partial charge in [-0.1, -0.05) is 0 Å². The third kappa shape index (κ3) is 0.972. The van der Waals surface area contributed by atoms with Gasteiger partial charge in [-0.2, -0.15) is 4.52 Å². The van der Waals surface area contributed by atoms with Crippen LogP contribution in [0.25, 0.3) is 0 Å². The first kappa shape index (κ1) is 8.36. The quantitative estimate of drug-likeness (QED) is 0.210. The van der Waals surface area contributed by atoms with Crippen LogP contribution >= 0.6 is 0 Å². The molecule has 0 spiro atoms. The summed E-state index contributed by atoms with van der Waals surface area (Å²) in [4.78, 5) is 4.74. The summed E-state index contributed by atoms with van der Waals surface area (Å²) < 4.78 is 2.09. The third-order valence-corrected chi connectivity index (χ3v) is 2.20. The van der Waals surface area contributed by atoms with Gasteiger partial charge in [0.2, 0.25) is 0 Å². The molecule has 0 amide bonds. The number of fused-ring (bicyclic) bond motifs is 1. The van der Waals surface area contributed by atoms with Gasteiger partial charge in [-0.15, -0.1) is 0 Å². The number of hydrogen-bond donors (Lipinski definition) is 4. The molecular formula is C6H11O6+. The van der Waals surface area contributed by atoms with Crippen LogP contribution in [0.5, 0.6) is 0 Å². The second kappa shape index (κ2) is 2.63. The second-order valence-corrected chi connectivity index (χ2v) is 2.99. The van der Waals surface area contributed by atoms with E-state index in [1.54, 1.807) is 0 Å². The fourth-order valence-corrected chi connectivity index (χ4v) is 1.48. The first-order valence-corrected chi connectivity index (χ1v) is 3.71. The van der Waals surface area contributed by atoms with Crippen LogP contribution in [0, 0.1) is 0 Å². The fourth-order valence-electron chi connectivity index (χ4n) is 1.48. The van der Waals surface area contributed by atoms with E-state index in [1.165, 1.54) is 0 Å². The van der Waals surface area contributed by atoms with Crippen LogP contribution in [-0.4, -0.2) is 57.7 Å². The van der Waals surface area contributed by atoms with Crippen molar-refractivity contribution >= 4 is 0 Å². The molecule has 2 aliphatic rings. The molecule has 2 rings (SSSR count). The summed E-state index contributed by atoms with van der Waals surface area (Å²) in [6.45, 7) is -0.478. The lowest BCUT2D eigenvalue weighted by molar-refractivity contribution is -0.251. The van der Waals surface area contributed by atoms with Crippen LogP contribution in [-0.2, 0) is 9.41 Å². The van der Waals surface area contributed by atoms with Crippen LogP contribution in [0.3, 0.4) is 0 Å². The highest BCUT2D eigenvalue weighted by Gasteiger charge is 2.73. The number of aliphatic hydroxyl groups is 4. The maximum atomic E-state index is 9.30. The van der Waals surface area contributed by atoms with Crippen molar-refractivity contribution in [3.05, 3.63) is 0 Å². The molecule has 0 bridgehead atoms. The second-order valence-electron chi connectivity index (χ2n) is 2.99. The summed E-state index contributed by atoms with van der Waals surface area (Å²) >= 11 is 0. The Kier molecular flexibility index (Phi) is 1.83. The van der Waals surface area contributed by atoms with E-state index in [9.17, 15) is 15.3 Å². The van der Waals surface area contributed by atoms with Gasteiger partial charge in [0.05, 0.1) is 6.61 Å². The van der Waals surface area contributed by atoms with Gasteiger partial charge in [0.1, 0.15) is 0 Å². The Bertz CT molecular complexity index is 183. The SMILES string of the molecule is OC[C@H](O)[C@H]1[C@@H](O)[C@H](O)[C@@H]2O[O+]12. The third-order valence-electron chi connectivity index (χ3n) is 2.20. The fraction of sp³-hybridized carbons (Fsp3) is 1.00. The minimum absolute atomic E-state index is 0.478. The summed E-state index contributed by atoms with van der Waals surface area (Å²) in [6, 6.07) is 0. The molecule has 6 heteroatoms. The van der Waals surface area contributed by atoms with Gasteiger partial charge < -0.3 is 20.4 Å². The van der Waals surface area contributed by atoms with E-state index in [4.69, 9.17) is 9.99 Å². The van der Waals surface area contributed by atoms with Crippen molar-refractivity contribution in [3.8, 4) is 0 Å². The molecule has 0 radical (unpaired) electrons. The van der Waals surface area contributed by atoms with E-state index in [0.717, 1.165) is 0 Å². The molecule has 5 atom stereocenters. The minimum Gasteiger partial charge on any atom is -0.393 e. The average Bonchev–Trinajstić information content (AvgIpc) is 2.78. The zero-order valence-electron chi connectivity index (χ0n) is 6.20. The van der Waals surface area contributed by atoms with Crippen molar-refractivity contribution < 1.29 is 29.8 Å². The lowest BCUT2D eigenvalue weighted by atomic mass is 10.1. The summed E-state index contributed by atoms with van der Waals surface area (Å²) in [6.07, 6.45) is -4.62. The number of aliphatic hydroxyl groups excluding tert-OH is 4. The maximum Gasteiger partial charge on any atom is 0.399 e. The highest BCUT2D eigenvalue weighted by Crippen LogP contribution is 2.44. The molecule has 6 nitrogen and oxygen atoms in total. The van der Waals surface area contributed by atoms with Crippen molar-refractivity contribution in [1.82, 2.24) is 0 Å². The van der Waals surface area contributed by atoms with Gasteiger partial charge >= 0.3 is 6.29 Å². The van der Waals surface area contributed by atoms with Crippen molar-refractivity contribution in [2.45, 2.75) is 30.7 Å². The summed E-state index contributed by atoms with van der Waals surface area (Å²) in [5.74, 6) is 0. The molecular weight excluding hydrogens is 168 g/mol. The van der Waals surface area contributed by atoms with Crippen LogP contribution in [0.4, 0.5) is 0 Å².